The van der Waals surface area contributed by atoms with E-state index in [-0.39, 0.29) is 11.8 Å². The van der Waals surface area contributed by atoms with Crippen LogP contribution in [0.3, 0.4) is 0 Å². The van der Waals surface area contributed by atoms with Gasteiger partial charge in [-0.2, -0.15) is 0 Å². The third-order valence-electron chi connectivity index (χ3n) is 3.24. The lowest BCUT2D eigenvalue weighted by Crippen LogP contribution is -2.55. The molecular formula is C11H17N3O4. The Labute approximate surface area is 104 Å². The molecule has 0 radical (unpaired) electrons. The van der Waals surface area contributed by atoms with Gasteiger partial charge in [-0.05, 0) is 31.6 Å². The first-order valence-electron chi connectivity index (χ1n) is 6.15. The molecule has 1 aliphatic carbocycles. The van der Waals surface area contributed by atoms with Crippen molar-refractivity contribution in [3.63, 3.8) is 0 Å². The Hall–Kier alpha value is -1.79. The average Bonchev–Trinajstić information content (AvgIpc) is 3.13. The second-order valence-electron chi connectivity index (χ2n) is 4.76. The molecule has 1 saturated carbocycles. The number of aliphatic carboxylic acids is 1. The molecule has 1 heterocycles. The highest BCUT2D eigenvalue weighted by Crippen LogP contribution is 2.32. The van der Waals surface area contributed by atoms with Crippen LogP contribution < -0.4 is 16.0 Å². The van der Waals surface area contributed by atoms with E-state index in [1.807, 2.05) is 0 Å². The summed E-state index contributed by atoms with van der Waals surface area (Å²) < 4.78 is 0. The van der Waals surface area contributed by atoms with Gasteiger partial charge in [0.2, 0.25) is 5.91 Å². The van der Waals surface area contributed by atoms with Crippen molar-refractivity contribution in [3.8, 4) is 0 Å². The van der Waals surface area contributed by atoms with Crippen LogP contribution in [0, 0.1) is 5.92 Å². The lowest BCUT2D eigenvalue weighted by molar-refractivity contribution is -0.139. The lowest BCUT2D eigenvalue weighted by Gasteiger charge is -2.23. The highest BCUT2D eigenvalue weighted by Gasteiger charge is 2.37. The largest absolute Gasteiger partial charge is 0.480 e. The predicted octanol–water partition coefficient (Wildman–Crippen LogP) is -0.573. The molecule has 0 aromatic carbocycles. The van der Waals surface area contributed by atoms with Gasteiger partial charge in [0.1, 0.15) is 12.1 Å². The summed E-state index contributed by atoms with van der Waals surface area (Å²) in [7, 11) is 0. The molecule has 2 fully saturated rings. The van der Waals surface area contributed by atoms with Crippen LogP contribution in [0.1, 0.15) is 25.7 Å². The summed E-state index contributed by atoms with van der Waals surface area (Å²) in [5.41, 5.74) is 0. The Bertz CT molecular complexity index is 367. The van der Waals surface area contributed by atoms with E-state index in [9.17, 15) is 14.4 Å². The Balaban J connectivity index is 1.83. The number of piperidine rings is 1. The number of urea groups is 1. The Kier molecular flexibility index (Phi) is 3.69. The molecule has 2 atom stereocenters. The summed E-state index contributed by atoms with van der Waals surface area (Å²) in [4.78, 5) is 34.0. The number of carbonyl (C=O) groups is 3. The summed E-state index contributed by atoms with van der Waals surface area (Å²) in [5, 5.41) is 16.5. The van der Waals surface area contributed by atoms with Crippen LogP contribution >= 0.6 is 0 Å². The number of carboxylic acid groups (broad SMARTS) is 1. The molecule has 7 nitrogen and oxygen atoms in total. The fourth-order valence-corrected chi connectivity index (χ4v) is 2.06. The van der Waals surface area contributed by atoms with E-state index in [4.69, 9.17) is 5.11 Å². The van der Waals surface area contributed by atoms with Crippen LogP contribution in [-0.4, -0.2) is 41.6 Å². The second-order valence-corrected chi connectivity index (χ2v) is 4.76. The van der Waals surface area contributed by atoms with Crippen molar-refractivity contribution in [1.29, 1.82) is 0 Å². The highest BCUT2D eigenvalue weighted by atomic mass is 16.4. The molecule has 0 bridgehead atoms. The number of nitrogens with one attached hydrogen (secondary N) is 3. The molecule has 1 aliphatic heterocycles. The minimum Gasteiger partial charge on any atom is -0.480 e. The molecule has 18 heavy (non-hydrogen) atoms. The molecule has 3 amide bonds. The van der Waals surface area contributed by atoms with Gasteiger partial charge in [0.25, 0.3) is 0 Å². The zero-order valence-electron chi connectivity index (χ0n) is 9.94. The van der Waals surface area contributed by atoms with Crippen LogP contribution in [0.4, 0.5) is 4.79 Å². The number of carbonyl (C=O) groups excluding carboxylic acids is 2. The summed E-state index contributed by atoms with van der Waals surface area (Å²) in [6, 6.07) is -2.00. The molecule has 2 unspecified atom stereocenters. The topological polar surface area (TPSA) is 108 Å². The third-order valence-corrected chi connectivity index (χ3v) is 3.24. The van der Waals surface area contributed by atoms with E-state index in [0.29, 0.717) is 13.0 Å². The van der Waals surface area contributed by atoms with Crippen LogP contribution in [0.5, 0.6) is 0 Å². The van der Waals surface area contributed by atoms with Gasteiger partial charge < -0.3 is 21.1 Å². The van der Waals surface area contributed by atoms with Crippen LogP contribution in [0.15, 0.2) is 0 Å². The zero-order chi connectivity index (χ0) is 13.1. The van der Waals surface area contributed by atoms with Gasteiger partial charge in [-0.25, -0.2) is 9.59 Å². The molecule has 0 spiro atoms. The van der Waals surface area contributed by atoms with Crippen LogP contribution in [0.2, 0.25) is 0 Å². The zero-order valence-corrected chi connectivity index (χ0v) is 9.94. The molecule has 0 aromatic heterocycles. The third kappa shape index (κ3) is 3.12. The first kappa shape index (κ1) is 12.7. The molecular weight excluding hydrogens is 238 g/mol. The van der Waals surface area contributed by atoms with Gasteiger partial charge in [0, 0.05) is 6.54 Å². The molecule has 2 rings (SSSR count). The first-order chi connectivity index (χ1) is 8.58. The number of rotatable bonds is 4. The van der Waals surface area contributed by atoms with Gasteiger partial charge in [0.15, 0.2) is 0 Å². The van der Waals surface area contributed by atoms with Gasteiger partial charge in [-0.15, -0.1) is 0 Å². The van der Waals surface area contributed by atoms with Crippen molar-refractivity contribution < 1.29 is 19.5 Å². The number of amides is 3. The molecule has 4 N–H and O–H groups in total. The van der Waals surface area contributed by atoms with Gasteiger partial charge in [-0.3, -0.25) is 4.79 Å². The van der Waals surface area contributed by atoms with Crippen LogP contribution in [0.25, 0.3) is 0 Å². The molecule has 100 valence electrons. The fourth-order valence-electron chi connectivity index (χ4n) is 2.06. The average molecular weight is 255 g/mol. The maximum atomic E-state index is 11.6. The molecule has 1 saturated heterocycles. The quantitative estimate of drug-likeness (QED) is 0.539. The smallest absolute Gasteiger partial charge is 0.326 e. The standard InChI is InChI=1S/C11H17N3O4/c15-9-7(2-1-5-12-9)13-11(18)14-8(10(16)17)6-3-4-6/h6-8H,1-5H2,(H,12,15)(H,16,17)(H2,13,14,18). The monoisotopic (exact) mass is 255 g/mol. The second kappa shape index (κ2) is 5.24. The number of hydrogen-bond acceptors (Lipinski definition) is 3. The summed E-state index contributed by atoms with van der Waals surface area (Å²) in [6.07, 6.45) is 3.03. The molecule has 0 aromatic rings. The van der Waals surface area contributed by atoms with Crippen molar-refractivity contribution in [2.24, 2.45) is 5.92 Å². The maximum Gasteiger partial charge on any atom is 0.326 e. The number of hydrogen-bond donors (Lipinski definition) is 4. The Morgan fingerprint density at radius 1 is 1.33 bits per heavy atom. The minimum absolute atomic E-state index is 0.0217. The van der Waals surface area contributed by atoms with Crippen LogP contribution in [-0.2, 0) is 9.59 Å². The van der Waals surface area contributed by atoms with E-state index in [2.05, 4.69) is 16.0 Å². The van der Waals surface area contributed by atoms with E-state index in [1.165, 1.54) is 0 Å². The number of carboxylic acids is 1. The van der Waals surface area contributed by atoms with Crippen molar-refractivity contribution in [1.82, 2.24) is 16.0 Å². The fraction of sp³-hybridized carbons (Fsp3) is 0.727. The molecule has 2 aliphatic rings. The van der Waals surface area contributed by atoms with E-state index in [1.54, 1.807) is 0 Å². The first-order valence-corrected chi connectivity index (χ1v) is 6.15. The normalized spacial score (nSPS) is 24.9. The Morgan fingerprint density at radius 2 is 2.06 bits per heavy atom. The summed E-state index contributed by atoms with van der Waals surface area (Å²) >= 11 is 0. The van der Waals surface area contributed by atoms with Crippen molar-refractivity contribution in [3.05, 3.63) is 0 Å². The van der Waals surface area contributed by atoms with Gasteiger partial charge >= 0.3 is 12.0 Å². The summed E-state index contributed by atoms with van der Waals surface area (Å²) in [6.45, 7) is 0.623. The van der Waals surface area contributed by atoms with Gasteiger partial charge in [0.05, 0.1) is 0 Å². The lowest BCUT2D eigenvalue weighted by atomic mass is 10.1. The minimum atomic E-state index is -1.03. The van der Waals surface area contributed by atoms with Crippen molar-refractivity contribution in [2.75, 3.05) is 6.54 Å². The van der Waals surface area contributed by atoms with E-state index in [0.717, 1.165) is 19.3 Å². The van der Waals surface area contributed by atoms with E-state index >= 15 is 0 Å². The SMILES string of the molecule is O=C(NC1CCCNC1=O)NC(C(=O)O)C1CC1. The van der Waals surface area contributed by atoms with Gasteiger partial charge in [-0.1, -0.05) is 0 Å². The highest BCUT2D eigenvalue weighted by molar-refractivity contribution is 5.89. The molecule has 7 heteroatoms. The summed E-state index contributed by atoms with van der Waals surface area (Å²) in [5.74, 6) is -1.22. The van der Waals surface area contributed by atoms with Crippen molar-refractivity contribution >= 4 is 17.9 Å². The maximum absolute atomic E-state index is 11.6. The van der Waals surface area contributed by atoms with E-state index < -0.39 is 24.1 Å². The predicted molar refractivity (Wildman–Crippen MR) is 61.8 cm³/mol. The Morgan fingerprint density at radius 3 is 2.61 bits per heavy atom. The van der Waals surface area contributed by atoms with Crippen molar-refractivity contribution in [2.45, 2.75) is 37.8 Å².